The third kappa shape index (κ3) is 2.72. The van der Waals surface area contributed by atoms with Gasteiger partial charge in [-0.05, 0) is 12.6 Å². The molecule has 0 saturated carbocycles. The number of halogens is 2. The fraction of sp³-hybridized carbons (Fsp3) is 0.667. The first-order chi connectivity index (χ1) is 4.29. The van der Waals surface area contributed by atoms with Gasteiger partial charge in [-0.1, -0.05) is 37.9 Å². The maximum Gasteiger partial charge on any atom is 0.0872 e. The van der Waals surface area contributed by atoms with Gasteiger partial charge in [-0.3, -0.25) is 0 Å². The molecule has 3 heteroatoms. The van der Waals surface area contributed by atoms with Crippen LogP contribution in [0.15, 0.2) is 12.3 Å². The zero-order chi connectivity index (χ0) is 6.69. The Kier molecular flexibility index (Phi) is 3.06. The lowest BCUT2D eigenvalue weighted by atomic mass is 10.5. The van der Waals surface area contributed by atoms with E-state index in [9.17, 15) is 0 Å². The van der Waals surface area contributed by atoms with Crippen molar-refractivity contribution in [3.63, 3.8) is 0 Å². The number of hydrogen-bond donors (Lipinski definition) is 0. The number of nitrogens with zero attached hydrogens (tertiary/aromatic N) is 1. The topological polar surface area (TPSA) is 3.24 Å². The van der Waals surface area contributed by atoms with Gasteiger partial charge in [0.2, 0.25) is 0 Å². The van der Waals surface area contributed by atoms with Crippen molar-refractivity contribution in [3.05, 3.63) is 12.3 Å². The molecule has 1 aliphatic rings. The van der Waals surface area contributed by atoms with Crippen LogP contribution in [0.2, 0.25) is 0 Å². The molecule has 1 rings (SSSR count). The van der Waals surface area contributed by atoms with E-state index in [2.05, 4.69) is 49.0 Å². The average Bonchev–Trinajstić information content (AvgIpc) is 2.15. The zero-order valence-corrected chi connectivity index (χ0v) is 8.23. The molecule has 1 aliphatic heterocycles. The molecule has 0 aliphatic carbocycles. The van der Waals surface area contributed by atoms with Crippen molar-refractivity contribution in [2.45, 2.75) is 10.2 Å². The number of rotatable bonds is 2. The van der Waals surface area contributed by atoms with E-state index < -0.39 is 0 Å². The molecule has 0 fully saturated rings. The van der Waals surface area contributed by atoms with Gasteiger partial charge in [0.15, 0.2) is 0 Å². The lowest BCUT2D eigenvalue weighted by molar-refractivity contribution is 0.429. The predicted molar refractivity (Wildman–Crippen MR) is 47.0 cm³/mol. The lowest BCUT2D eigenvalue weighted by Gasteiger charge is -2.15. The van der Waals surface area contributed by atoms with Gasteiger partial charge < -0.3 is 4.90 Å². The van der Waals surface area contributed by atoms with Crippen LogP contribution in [0.1, 0.15) is 6.42 Å². The highest BCUT2D eigenvalue weighted by Gasteiger charge is 2.06. The molecule has 0 radical (unpaired) electrons. The van der Waals surface area contributed by atoms with Crippen molar-refractivity contribution in [1.29, 1.82) is 0 Å². The Bertz CT molecular complexity index is 112. The molecule has 0 bridgehead atoms. The van der Waals surface area contributed by atoms with Crippen LogP contribution in [0.5, 0.6) is 0 Å². The van der Waals surface area contributed by atoms with E-state index >= 15 is 0 Å². The van der Waals surface area contributed by atoms with Gasteiger partial charge in [-0.25, -0.2) is 0 Å². The summed E-state index contributed by atoms with van der Waals surface area (Å²) >= 11 is 6.85. The van der Waals surface area contributed by atoms with E-state index in [1.165, 1.54) is 13.0 Å². The molecule has 1 nitrogen and oxygen atoms in total. The minimum absolute atomic E-state index is 0.424. The Morgan fingerprint density at radius 1 is 1.56 bits per heavy atom. The van der Waals surface area contributed by atoms with Crippen LogP contribution in [-0.4, -0.2) is 21.7 Å². The second kappa shape index (κ2) is 3.62. The van der Waals surface area contributed by atoms with Crippen molar-refractivity contribution in [1.82, 2.24) is 4.90 Å². The lowest BCUT2D eigenvalue weighted by Crippen LogP contribution is -2.19. The van der Waals surface area contributed by atoms with E-state index in [1.54, 1.807) is 0 Å². The van der Waals surface area contributed by atoms with E-state index in [-0.39, 0.29) is 0 Å². The van der Waals surface area contributed by atoms with Gasteiger partial charge in [0, 0.05) is 13.1 Å². The van der Waals surface area contributed by atoms with Gasteiger partial charge in [-0.2, -0.15) is 0 Å². The molecular formula is C6H9Br2N. The van der Waals surface area contributed by atoms with E-state index in [4.69, 9.17) is 0 Å². The molecule has 52 valence electrons. The molecule has 0 aromatic rings. The first-order valence-corrected chi connectivity index (χ1v) is 4.81. The molecule has 9 heavy (non-hydrogen) atoms. The third-order valence-corrected chi connectivity index (χ3v) is 1.85. The van der Waals surface area contributed by atoms with Crippen molar-refractivity contribution < 1.29 is 0 Å². The van der Waals surface area contributed by atoms with Crippen molar-refractivity contribution >= 4 is 31.9 Å². The monoisotopic (exact) mass is 253 g/mol. The highest BCUT2D eigenvalue weighted by molar-refractivity contribution is 9.24. The minimum atomic E-state index is 0.424. The number of alkyl halides is 2. The summed E-state index contributed by atoms with van der Waals surface area (Å²) in [5.74, 6) is 0. The highest BCUT2D eigenvalue weighted by atomic mass is 79.9. The van der Waals surface area contributed by atoms with Crippen LogP contribution < -0.4 is 0 Å². The van der Waals surface area contributed by atoms with Gasteiger partial charge >= 0.3 is 0 Å². The zero-order valence-electron chi connectivity index (χ0n) is 5.06. The van der Waals surface area contributed by atoms with E-state index in [0.717, 1.165) is 6.54 Å². The van der Waals surface area contributed by atoms with Gasteiger partial charge in [0.05, 0.1) is 3.74 Å². The SMILES string of the molecule is BrC(Br)CN1C=CCC1. The Morgan fingerprint density at radius 3 is 2.78 bits per heavy atom. The summed E-state index contributed by atoms with van der Waals surface area (Å²) in [6.07, 6.45) is 5.55. The Hall–Kier alpha value is 0.500. The summed E-state index contributed by atoms with van der Waals surface area (Å²) in [6.45, 7) is 2.23. The summed E-state index contributed by atoms with van der Waals surface area (Å²) in [4.78, 5) is 2.29. The maximum absolute atomic E-state index is 3.43. The second-order valence-electron chi connectivity index (χ2n) is 2.06. The van der Waals surface area contributed by atoms with E-state index in [1.807, 2.05) is 0 Å². The molecular weight excluding hydrogens is 246 g/mol. The quantitative estimate of drug-likeness (QED) is 0.684. The van der Waals surface area contributed by atoms with Crippen molar-refractivity contribution in [2.75, 3.05) is 13.1 Å². The standard InChI is InChI=1S/C6H9Br2N/c7-6(8)5-9-3-1-2-4-9/h1,3,6H,2,4-5H2. The predicted octanol–water partition coefficient (Wildman–Crippen LogP) is 2.32. The van der Waals surface area contributed by atoms with E-state index in [0.29, 0.717) is 3.74 Å². The first kappa shape index (κ1) is 7.61. The Balaban J connectivity index is 2.20. The maximum atomic E-state index is 3.43. The van der Waals surface area contributed by atoms with Gasteiger partial charge in [0.25, 0.3) is 0 Å². The number of hydrogen-bond acceptors (Lipinski definition) is 1. The van der Waals surface area contributed by atoms with Crippen LogP contribution in [-0.2, 0) is 0 Å². The smallest absolute Gasteiger partial charge is 0.0872 e. The van der Waals surface area contributed by atoms with Crippen LogP contribution >= 0.6 is 31.9 Å². The normalized spacial score (nSPS) is 17.9. The summed E-state index contributed by atoms with van der Waals surface area (Å²) < 4.78 is 0.424. The van der Waals surface area contributed by atoms with Crippen molar-refractivity contribution in [3.8, 4) is 0 Å². The average molecular weight is 255 g/mol. The molecule has 0 aromatic heterocycles. The molecule has 1 heterocycles. The Labute approximate surface area is 72.4 Å². The van der Waals surface area contributed by atoms with Crippen molar-refractivity contribution in [2.24, 2.45) is 0 Å². The highest BCUT2D eigenvalue weighted by Crippen LogP contribution is 2.13. The molecule has 0 unspecified atom stereocenters. The molecule has 0 aromatic carbocycles. The van der Waals surface area contributed by atoms with Gasteiger partial charge in [0.1, 0.15) is 0 Å². The fourth-order valence-electron chi connectivity index (χ4n) is 0.868. The Morgan fingerprint density at radius 2 is 2.33 bits per heavy atom. The van der Waals surface area contributed by atoms with Crippen LogP contribution in [0.25, 0.3) is 0 Å². The van der Waals surface area contributed by atoms with Crippen LogP contribution in [0.4, 0.5) is 0 Å². The molecule has 0 atom stereocenters. The molecule has 0 N–H and O–H groups in total. The summed E-state index contributed by atoms with van der Waals surface area (Å²) in [5, 5.41) is 0. The van der Waals surface area contributed by atoms with Crippen LogP contribution in [0.3, 0.4) is 0 Å². The summed E-state index contributed by atoms with van der Waals surface area (Å²) in [5.41, 5.74) is 0. The third-order valence-electron chi connectivity index (χ3n) is 1.27. The largest absolute Gasteiger partial charge is 0.375 e. The van der Waals surface area contributed by atoms with Crippen LogP contribution in [0, 0.1) is 0 Å². The second-order valence-corrected chi connectivity index (χ2v) is 5.50. The van der Waals surface area contributed by atoms with Gasteiger partial charge in [-0.15, -0.1) is 0 Å². The molecule has 0 saturated heterocycles. The molecule has 0 spiro atoms. The molecule has 0 amide bonds. The summed E-state index contributed by atoms with van der Waals surface area (Å²) in [6, 6.07) is 0. The summed E-state index contributed by atoms with van der Waals surface area (Å²) in [7, 11) is 0. The minimum Gasteiger partial charge on any atom is -0.375 e. The first-order valence-electron chi connectivity index (χ1n) is 2.98. The fourth-order valence-corrected chi connectivity index (χ4v) is 1.61.